The van der Waals surface area contributed by atoms with Crippen molar-refractivity contribution in [1.29, 1.82) is 0 Å². The maximum Gasteiger partial charge on any atom is 0.243 e. The molecule has 144 valence electrons. The lowest BCUT2D eigenvalue weighted by atomic mass is 10.1. The van der Waals surface area contributed by atoms with Crippen LogP contribution in [-0.4, -0.2) is 19.1 Å². The summed E-state index contributed by atoms with van der Waals surface area (Å²) < 4.78 is 5.82. The molecule has 3 rings (SSSR count). The summed E-state index contributed by atoms with van der Waals surface area (Å²) in [7, 11) is 0. The van der Waals surface area contributed by atoms with E-state index >= 15 is 0 Å². The van der Waals surface area contributed by atoms with E-state index < -0.39 is 0 Å². The van der Waals surface area contributed by atoms with Crippen LogP contribution < -0.4 is 15.4 Å². The standard InChI is InChI=1S/C24H26N2O2/c1-18-11-12-23(19(2)15-18)25-17-24(27)26-21-9-6-10-22(16-21)28-14-13-20-7-4-3-5-8-20/h3-12,15-16,25H,13-14,17H2,1-2H3,(H,26,27). The van der Waals surface area contributed by atoms with Gasteiger partial charge in [0.05, 0.1) is 13.2 Å². The smallest absolute Gasteiger partial charge is 0.243 e. The fraction of sp³-hybridized carbons (Fsp3) is 0.208. The SMILES string of the molecule is Cc1ccc(NCC(=O)Nc2cccc(OCCc3ccccc3)c2)c(C)c1. The molecule has 3 aromatic carbocycles. The van der Waals surface area contributed by atoms with Crippen LogP contribution in [0.4, 0.5) is 11.4 Å². The van der Waals surface area contributed by atoms with Crippen molar-refractivity contribution in [3.63, 3.8) is 0 Å². The largest absolute Gasteiger partial charge is 0.493 e. The van der Waals surface area contributed by atoms with Crippen LogP contribution in [-0.2, 0) is 11.2 Å². The third-order valence-corrected chi connectivity index (χ3v) is 4.44. The molecule has 4 nitrogen and oxygen atoms in total. The molecule has 0 aromatic heterocycles. The number of carbonyl (C=O) groups excluding carboxylic acids is 1. The molecule has 0 aliphatic heterocycles. The number of nitrogens with one attached hydrogen (secondary N) is 2. The summed E-state index contributed by atoms with van der Waals surface area (Å²) in [6.45, 7) is 4.89. The summed E-state index contributed by atoms with van der Waals surface area (Å²) in [6.07, 6.45) is 0.844. The normalized spacial score (nSPS) is 10.4. The quantitative estimate of drug-likeness (QED) is 0.585. The number of ether oxygens (including phenoxy) is 1. The summed E-state index contributed by atoms with van der Waals surface area (Å²) in [6, 6.07) is 23.8. The molecule has 2 N–H and O–H groups in total. The molecular weight excluding hydrogens is 348 g/mol. The maximum atomic E-state index is 12.3. The second kappa shape index (κ2) is 9.60. The molecule has 0 aliphatic rings. The Kier molecular flexibility index (Phi) is 6.68. The van der Waals surface area contributed by atoms with Gasteiger partial charge in [-0.2, -0.15) is 0 Å². The van der Waals surface area contributed by atoms with Crippen molar-refractivity contribution < 1.29 is 9.53 Å². The van der Waals surface area contributed by atoms with Crippen molar-refractivity contribution in [2.45, 2.75) is 20.3 Å². The fourth-order valence-electron chi connectivity index (χ4n) is 2.99. The maximum absolute atomic E-state index is 12.3. The fourth-order valence-corrected chi connectivity index (χ4v) is 2.99. The number of hydrogen-bond acceptors (Lipinski definition) is 3. The van der Waals surface area contributed by atoms with Crippen LogP contribution in [0.3, 0.4) is 0 Å². The Morgan fingerprint density at radius 3 is 2.54 bits per heavy atom. The number of benzene rings is 3. The molecule has 28 heavy (non-hydrogen) atoms. The van der Waals surface area contributed by atoms with Gasteiger partial charge in [-0.25, -0.2) is 0 Å². The Morgan fingerprint density at radius 2 is 1.75 bits per heavy atom. The zero-order chi connectivity index (χ0) is 19.8. The summed E-state index contributed by atoms with van der Waals surface area (Å²) in [5.74, 6) is 0.650. The third kappa shape index (κ3) is 5.88. The summed E-state index contributed by atoms with van der Waals surface area (Å²) in [5, 5.41) is 6.09. The monoisotopic (exact) mass is 374 g/mol. The van der Waals surface area contributed by atoms with E-state index in [1.807, 2.05) is 61.5 Å². The first kappa shape index (κ1) is 19.5. The number of hydrogen-bond donors (Lipinski definition) is 2. The van der Waals surface area contributed by atoms with Crippen molar-refractivity contribution in [1.82, 2.24) is 0 Å². The first-order valence-corrected chi connectivity index (χ1v) is 9.48. The third-order valence-electron chi connectivity index (χ3n) is 4.44. The molecule has 0 bridgehead atoms. The summed E-state index contributed by atoms with van der Waals surface area (Å²) >= 11 is 0. The van der Waals surface area contributed by atoms with Gasteiger partial charge in [0.1, 0.15) is 5.75 Å². The van der Waals surface area contributed by atoms with Crippen molar-refractivity contribution >= 4 is 17.3 Å². The van der Waals surface area contributed by atoms with Crippen molar-refractivity contribution in [3.05, 3.63) is 89.5 Å². The highest BCUT2D eigenvalue weighted by Gasteiger charge is 2.05. The molecule has 0 atom stereocenters. The van der Waals surface area contributed by atoms with Crippen LogP contribution in [0.25, 0.3) is 0 Å². The highest BCUT2D eigenvalue weighted by molar-refractivity contribution is 5.94. The van der Waals surface area contributed by atoms with E-state index in [0.29, 0.717) is 6.61 Å². The molecule has 0 saturated carbocycles. The van der Waals surface area contributed by atoms with Gasteiger partial charge in [-0.1, -0.05) is 54.1 Å². The predicted molar refractivity (Wildman–Crippen MR) is 115 cm³/mol. The molecule has 0 spiro atoms. The van der Waals surface area contributed by atoms with E-state index in [9.17, 15) is 4.79 Å². The van der Waals surface area contributed by atoms with Gasteiger partial charge < -0.3 is 15.4 Å². The topological polar surface area (TPSA) is 50.4 Å². The van der Waals surface area contributed by atoms with Crippen LogP contribution in [0, 0.1) is 13.8 Å². The Hall–Kier alpha value is -3.27. The molecule has 0 saturated heterocycles. The number of amides is 1. The summed E-state index contributed by atoms with van der Waals surface area (Å²) in [4.78, 5) is 12.3. The Bertz CT molecular complexity index is 923. The van der Waals surface area contributed by atoms with Gasteiger partial charge in [0.25, 0.3) is 0 Å². The van der Waals surface area contributed by atoms with Gasteiger partial charge in [0, 0.05) is 23.9 Å². The lowest BCUT2D eigenvalue weighted by Crippen LogP contribution is -2.22. The Morgan fingerprint density at radius 1 is 0.929 bits per heavy atom. The van der Waals surface area contributed by atoms with Gasteiger partial charge in [0.2, 0.25) is 5.91 Å². The average molecular weight is 374 g/mol. The summed E-state index contributed by atoms with van der Waals surface area (Å²) in [5.41, 5.74) is 5.27. The molecular formula is C24H26N2O2. The molecule has 0 aliphatic carbocycles. The molecule has 0 heterocycles. The van der Waals surface area contributed by atoms with Gasteiger partial charge in [-0.15, -0.1) is 0 Å². The van der Waals surface area contributed by atoms with Crippen LogP contribution in [0.2, 0.25) is 0 Å². The van der Waals surface area contributed by atoms with E-state index in [1.54, 1.807) is 0 Å². The van der Waals surface area contributed by atoms with E-state index in [0.717, 1.165) is 29.1 Å². The van der Waals surface area contributed by atoms with Crippen LogP contribution in [0.5, 0.6) is 5.75 Å². The van der Waals surface area contributed by atoms with Crippen molar-refractivity contribution in [2.75, 3.05) is 23.8 Å². The van der Waals surface area contributed by atoms with Crippen molar-refractivity contribution in [2.24, 2.45) is 0 Å². The molecule has 4 heteroatoms. The lowest BCUT2D eigenvalue weighted by Gasteiger charge is -2.12. The highest BCUT2D eigenvalue weighted by atomic mass is 16.5. The predicted octanol–water partition coefficient (Wildman–Crippen LogP) is 4.98. The van der Waals surface area contributed by atoms with E-state index in [-0.39, 0.29) is 12.5 Å². The zero-order valence-corrected chi connectivity index (χ0v) is 16.4. The highest BCUT2D eigenvalue weighted by Crippen LogP contribution is 2.18. The minimum Gasteiger partial charge on any atom is -0.493 e. The minimum absolute atomic E-state index is 0.0959. The first-order chi connectivity index (χ1) is 13.6. The Labute approximate surface area is 166 Å². The van der Waals surface area contributed by atoms with Crippen LogP contribution >= 0.6 is 0 Å². The second-order valence-electron chi connectivity index (χ2n) is 6.83. The first-order valence-electron chi connectivity index (χ1n) is 9.48. The van der Waals surface area contributed by atoms with Gasteiger partial charge in [0.15, 0.2) is 0 Å². The average Bonchev–Trinajstić information content (AvgIpc) is 2.68. The van der Waals surface area contributed by atoms with E-state index in [4.69, 9.17) is 4.74 Å². The number of anilines is 2. The molecule has 0 unspecified atom stereocenters. The number of carbonyl (C=O) groups is 1. The number of rotatable bonds is 8. The molecule has 0 fully saturated rings. The van der Waals surface area contributed by atoms with E-state index in [1.165, 1.54) is 11.1 Å². The Balaban J connectivity index is 1.48. The van der Waals surface area contributed by atoms with Gasteiger partial charge in [-0.05, 0) is 43.2 Å². The minimum atomic E-state index is -0.0959. The second-order valence-corrected chi connectivity index (χ2v) is 6.83. The molecule has 3 aromatic rings. The van der Waals surface area contributed by atoms with Crippen LogP contribution in [0.1, 0.15) is 16.7 Å². The molecule has 1 amide bonds. The zero-order valence-electron chi connectivity index (χ0n) is 16.4. The van der Waals surface area contributed by atoms with Gasteiger partial charge >= 0.3 is 0 Å². The lowest BCUT2D eigenvalue weighted by molar-refractivity contribution is -0.114. The van der Waals surface area contributed by atoms with Crippen molar-refractivity contribution in [3.8, 4) is 5.75 Å². The van der Waals surface area contributed by atoms with Gasteiger partial charge in [-0.3, -0.25) is 4.79 Å². The number of aryl methyl sites for hydroxylation is 2. The van der Waals surface area contributed by atoms with Crippen LogP contribution in [0.15, 0.2) is 72.8 Å². The molecule has 0 radical (unpaired) electrons. The van der Waals surface area contributed by atoms with E-state index in [2.05, 4.69) is 35.8 Å².